The Labute approximate surface area is 122 Å². The van der Waals surface area contributed by atoms with Gasteiger partial charge in [0.1, 0.15) is 5.82 Å². The van der Waals surface area contributed by atoms with E-state index in [1.54, 1.807) is 13.2 Å². The SMILES string of the molecule is CNC(C)c1cccc(F)c1N(CCOC)CC(C)C. The van der Waals surface area contributed by atoms with Gasteiger partial charge in [0.05, 0.1) is 12.3 Å². The van der Waals surface area contributed by atoms with E-state index in [1.807, 2.05) is 20.0 Å². The molecule has 0 radical (unpaired) electrons. The van der Waals surface area contributed by atoms with Crippen molar-refractivity contribution in [2.75, 3.05) is 38.8 Å². The second-order valence-electron chi connectivity index (χ2n) is 5.52. The van der Waals surface area contributed by atoms with Crippen molar-refractivity contribution >= 4 is 5.69 Å². The summed E-state index contributed by atoms with van der Waals surface area (Å²) in [4.78, 5) is 2.09. The van der Waals surface area contributed by atoms with Crippen molar-refractivity contribution in [2.24, 2.45) is 5.92 Å². The Morgan fingerprint density at radius 1 is 1.30 bits per heavy atom. The number of methoxy groups -OCH3 is 1. The highest BCUT2D eigenvalue weighted by molar-refractivity contribution is 5.56. The maximum atomic E-state index is 14.4. The van der Waals surface area contributed by atoms with Crippen LogP contribution in [0.1, 0.15) is 32.4 Å². The minimum atomic E-state index is -0.165. The number of benzene rings is 1. The number of halogens is 1. The molecule has 4 heteroatoms. The molecule has 0 aliphatic rings. The minimum absolute atomic E-state index is 0.109. The first-order valence-corrected chi connectivity index (χ1v) is 7.20. The maximum absolute atomic E-state index is 14.4. The molecule has 0 aromatic heterocycles. The van der Waals surface area contributed by atoms with Gasteiger partial charge in [0.15, 0.2) is 0 Å². The van der Waals surface area contributed by atoms with E-state index in [2.05, 4.69) is 24.1 Å². The summed E-state index contributed by atoms with van der Waals surface area (Å²) in [5.41, 5.74) is 1.68. The predicted molar refractivity (Wildman–Crippen MR) is 82.8 cm³/mol. The van der Waals surface area contributed by atoms with E-state index < -0.39 is 0 Å². The number of hydrogen-bond acceptors (Lipinski definition) is 3. The molecular formula is C16H27FN2O. The fourth-order valence-electron chi connectivity index (χ4n) is 2.31. The number of para-hydroxylation sites is 1. The number of rotatable bonds is 8. The van der Waals surface area contributed by atoms with Crippen LogP contribution < -0.4 is 10.2 Å². The summed E-state index contributed by atoms with van der Waals surface area (Å²) in [7, 11) is 3.56. The Bertz CT molecular complexity index is 409. The van der Waals surface area contributed by atoms with Crippen LogP contribution >= 0.6 is 0 Å². The van der Waals surface area contributed by atoms with Crippen LogP contribution in [0.5, 0.6) is 0 Å². The van der Waals surface area contributed by atoms with Crippen molar-refractivity contribution < 1.29 is 9.13 Å². The van der Waals surface area contributed by atoms with E-state index in [-0.39, 0.29) is 11.9 Å². The lowest BCUT2D eigenvalue weighted by Gasteiger charge is -2.30. The predicted octanol–water partition coefficient (Wildman–Crippen LogP) is 3.21. The summed E-state index contributed by atoms with van der Waals surface area (Å²) in [6.45, 7) is 8.42. The van der Waals surface area contributed by atoms with Crippen molar-refractivity contribution in [3.8, 4) is 0 Å². The first kappa shape index (κ1) is 16.9. The van der Waals surface area contributed by atoms with Crippen LogP contribution in [0.4, 0.5) is 10.1 Å². The van der Waals surface area contributed by atoms with E-state index in [1.165, 1.54) is 6.07 Å². The molecule has 0 bridgehead atoms. The molecule has 0 amide bonds. The molecule has 0 aliphatic heterocycles. The standard InChI is InChI=1S/C16H27FN2O/c1-12(2)11-19(9-10-20-5)16-14(13(3)18-4)7-6-8-15(16)17/h6-8,12-13,18H,9-11H2,1-5H3. The van der Waals surface area contributed by atoms with Gasteiger partial charge >= 0.3 is 0 Å². The summed E-state index contributed by atoms with van der Waals surface area (Å²) in [6, 6.07) is 5.39. The maximum Gasteiger partial charge on any atom is 0.146 e. The Hall–Kier alpha value is -1.13. The average molecular weight is 282 g/mol. The van der Waals surface area contributed by atoms with Crippen LogP contribution in [0, 0.1) is 11.7 Å². The molecule has 0 fully saturated rings. The second-order valence-corrected chi connectivity index (χ2v) is 5.52. The normalized spacial score (nSPS) is 12.8. The van der Waals surface area contributed by atoms with Crippen LogP contribution in [0.3, 0.4) is 0 Å². The van der Waals surface area contributed by atoms with Gasteiger partial charge in [-0.3, -0.25) is 0 Å². The minimum Gasteiger partial charge on any atom is -0.383 e. The molecule has 0 spiro atoms. The van der Waals surface area contributed by atoms with Crippen molar-refractivity contribution in [2.45, 2.75) is 26.8 Å². The van der Waals surface area contributed by atoms with Gasteiger partial charge in [-0.25, -0.2) is 4.39 Å². The van der Waals surface area contributed by atoms with Gasteiger partial charge in [-0.15, -0.1) is 0 Å². The highest BCUT2D eigenvalue weighted by Crippen LogP contribution is 2.29. The molecule has 1 atom stereocenters. The third kappa shape index (κ3) is 4.46. The average Bonchev–Trinajstić information content (AvgIpc) is 2.42. The first-order chi connectivity index (χ1) is 9.51. The summed E-state index contributed by atoms with van der Waals surface area (Å²) < 4.78 is 19.5. The Morgan fingerprint density at radius 2 is 2.00 bits per heavy atom. The summed E-state index contributed by atoms with van der Waals surface area (Å²) in [6.07, 6.45) is 0. The second kappa shape index (κ2) is 8.22. The zero-order valence-corrected chi connectivity index (χ0v) is 13.2. The van der Waals surface area contributed by atoms with Gasteiger partial charge in [0, 0.05) is 26.2 Å². The number of nitrogens with one attached hydrogen (secondary N) is 1. The molecule has 3 nitrogen and oxygen atoms in total. The van der Waals surface area contributed by atoms with Gasteiger partial charge in [0.25, 0.3) is 0 Å². The molecule has 20 heavy (non-hydrogen) atoms. The number of nitrogens with zero attached hydrogens (tertiary/aromatic N) is 1. The molecule has 0 saturated heterocycles. The van der Waals surface area contributed by atoms with E-state index in [9.17, 15) is 4.39 Å². The van der Waals surface area contributed by atoms with Gasteiger partial charge in [-0.2, -0.15) is 0 Å². The quantitative estimate of drug-likeness (QED) is 0.792. The van der Waals surface area contributed by atoms with Crippen molar-refractivity contribution in [3.63, 3.8) is 0 Å². The Balaban J connectivity index is 3.15. The number of ether oxygens (including phenoxy) is 1. The van der Waals surface area contributed by atoms with Crippen LogP contribution in [0.25, 0.3) is 0 Å². The molecule has 1 unspecified atom stereocenters. The zero-order valence-electron chi connectivity index (χ0n) is 13.2. The highest BCUT2D eigenvalue weighted by Gasteiger charge is 2.19. The lowest BCUT2D eigenvalue weighted by atomic mass is 10.0. The molecule has 114 valence electrons. The molecule has 0 aliphatic carbocycles. The van der Waals surface area contributed by atoms with E-state index in [0.717, 1.165) is 12.1 Å². The molecule has 0 heterocycles. The molecule has 1 N–H and O–H groups in total. The van der Waals surface area contributed by atoms with Gasteiger partial charge < -0.3 is 15.0 Å². The molecule has 1 rings (SSSR count). The third-order valence-corrected chi connectivity index (χ3v) is 3.38. The van der Waals surface area contributed by atoms with Crippen molar-refractivity contribution in [1.29, 1.82) is 0 Å². The monoisotopic (exact) mass is 282 g/mol. The third-order valence-electron chi connectivity index (χ3n) is 3.38. The topological polar surface area (TPSA) is 24.5 Å². The molecule has 1 aromatic rings. The Kier molecular flexibility index (Phi) is 6.96. The van der Waals surface area contributed by atoms with Gasteiger partial charge in [0.2, 0.25) is 0 Å². The smallest absolute Gasteiger partial charge is 0.146 e. The van der Waals surface area contributed by atoms with E-state index in [4.69, 9.17) is 4.74 Å². The number of anilines is 1. The van der Waals surface area contributed by atoms with Crippen LogP contribution in [0.15, 0.2) is 18.2 Å². The summed E-state index contributed by atoms with van der Waals surface area (Å²) >= 11 is 0. The largest absolute Gasteiger partial charge is 0.383 e. The lowest BCUT2D eigenvalue weighted by Crippen LogP contribution is -2.33. The van der Waals surface area contributed by atoms with E-state index in [0.29, 0.717) is 24.8 Å². The number of hydrogen-bond donors (Lipinski definition) is 1. The molecule has 0 saturated carbocycles. The first-order valence-electron chi connectivity index (χ1n) is 7.20. The summed E-state index contributed by atoms with van der Waals surface area (Å²) in [5, 5.41) is 3.19. The van der Waals surface area contributed by atoms with Crippen LogP contribution in [-0.4, -0.2) is 33.9 Å². The van der Waals surface area contributed by atoms with Crippen LogP contribution in [-0.2, 0) is 4.74 Å². The van der Waals surface area contributed by atoms with Gasteiger partial charge in [-0.05, 0) is 31.5 Å². The Morgan fingerprint density at radius 3 is 2.55 bits per heavy atom. The fourth-order valence-corrected chi connectivity index (χ4v) is 2.31. The van der Waals surface area contributed by atoms with Crippen LogP contribution in [0.2, 0.25) is 0 Å². The van der Waals surface area contributed by atoms with Crippen molar-refractivity contribution in [1.82, 2.24) is 5.32 Å². The zero-order chi connectivity index (χ0) is 15.1. The molecule has 1 aromatic carbocycles. The van der Waals surface area contributed by atoms with Crippen molar-refractivity contribution in [3.05, 3.63) is 29.6 Å². The van der Waals surface area contributed by atoms with Gasteiger partial charge in [-0.1, -0.05) is 26.0 Å². The fraction of sp³-hybridized carbons (Fsp3) is 0.625. The lowest BCUT2D eigenvalue weighted by molar-refractivity contribution is 0.204. The molecular weight excluding hydrogens is 255 g/mol. The summed E-state index contributed by atoms with van der Waals surface area (Å²) in [5.74, 6) is 0.297. The van der Waals surface area contributed by atoms with E-state index >= 15 is 0 Å². The highest BCUT2D eigenvalue weighted by atomic mass is 19.1.